The highest BCUT2D eigenvalue weighted by Crippen LogP contribution is 2.15. The molecule has 0 saturated heterocycles. The van der Waals surface area contributed by atoms with Gasteiger partial charge in [-0.2, -0.15) is 0 Å². The molecule has 5 heteroatoms. The minimum Gasteiger partial charge on any atom is -0.466 e. The van der Waals surface area contributed by atoms with Gasteiger partial charge in [0, 0.05) is 6.08 Å². The molecule has 0 rings (SSSR count). The van der Waals surface area contributed by atoms with E-state index in [1.165, 1.54) is 13.2 Å². The molecule has 3 N–H and O–H groups in total. The maximum Gasteiger partial charge on any atom is 0.330 e. The normalized spacial score (nSPS) is 15.4. The third-order valence-corrected chi connectivity index (χ3v) is 4.21. The van der Waals surface area contributed by atoms with E-state index in [0.29, 0.717) is 25.7 Å². The lowest BCUT2D eigenvalue weighted by Gasteiger charge is -2.19. The molecule has 0 aliphatic heterocycles. The van der Waals surface area contributed by atoms with Crippen molar-refractivity contribution < 1.29 is 24.9 Å². The van der Waals surface area contributed by atoms with Crippen LogP contribution >= 0.6 is 0 Å². The lowest BCUT2D eigenvalue weighted by molar-refractivity contribution is -0.134. The highest BCUT2D eigenvalue weighted by Gasteiger charge is 2.17. The van der Waals surface area contributed by atoms with Gasteiger partial charge in [-0.15, -0.1) is 0 Å². The molecule has 0 heterocycles. The van der Waals surface area contributed by atoms with Crippen molar-refractivity contribution in [3.05, 3.63) is 12.2 Å². The standard InChI is InChI=1S/C19H36O5/c1-3-4-8-12-17(21)18(22)15-14-16(20)11-9-6-5-7-10-13-19(23)24-2/h10,13,16-18,20-22H,3-9,11-12,14-15H2,1-2H3. The molecule has 0 aromatic carbocycles. The molecule has 3 atom stereocenters. The molecule has 0 aliphatic rings. The summed E-state index contributed by atoms with van der Waals surface area (Å²) in [5, 5.41) is 29.7. The van der Waals surface area contributed by atoms with Crippen LogP contribution in [0.25, 0.3) is 0 Å². The monoisotopic (exact) mass is 344 g/mol. The lowest BCUT2D eigenvalue weighted by Crippen LogP contribution is -2.27. The van der Waals surface area contributed by atoms with Gasteiger partial charge >= 0.3 is 5.97 Å². The zero-order chi connectivity index (χ0) is 18.2. The molecule has 0 aromatic heterocycles. The second-order valence-corrected chi connectivity index (χ2v) is 6.43. The molecule has 0 aliphatic carbocycles. The van der Waals surface area contributed by atoms with E-state index in [1.54, 1.807) is 6.08 Å². The molecule has 24 heavy (non-hydrogen) atoms. The van der Waals surface area contributed by atoms with Crippen LogP contribution in [0.3, 0.4) is 0 Å². The summed E-state index contributed by atoms with van der Waals surface area (Å²) in [5.74, 6) is -0.333. The van der Waals surface area contributed by atoms with E-state index in [0.717, 1.165) is 44.9 Å². The topological polar surface area (TPSA) is 87.0 Å². The van der Waals surface area contributed by atoms with Gasteiger partial charge in [0.1, 0.15) is 0 Å². The number of rotatable bonds is 15. The van der Waals surface area contributed by atoms with Gasteiger partial charge in [-0.05, 0) is 38.5 Å². The molecular weight excluding hydrogens is 308 g/mol. The SMILES string of the molecule is CCCCCC(O)C(O)CCC(O)CCCCCC=CC(=O)OC. The van der Waals surface area contributed by atoms with Crippen molar-refractivity contribution in [3.8, 4) is 0 Å². The molecule has 0 spiro atoms. The van der Waals surface area contributed by atoms with E-state index in [2.05, 4.69) is 11.7 Å². The Kier molecular flexibility index (Phi) is 15.0. The fourth-order valence-electron chi connectivity index (χ4n) is 2.56. The van der Waals surface area contributed by atoms with E-state index in [-0.39, 0.29) is 5.97 Å². The van der Waals surface area contributed by atoms with Crippen LogP contribution < -0.4 is 0 Å². The van der Waals surface area contributed by atoms with Gasteiger partial charge in [-0.3, -0.25) is 0 Å². The van der Waals surface area contributed by atoms with Gasteiger partial charge in [0.2, 0.25) is 0 Å². The summed E-state index contributed by atoms with van der Waals surface area (Å²) in [4.78, 5) is 10.9. The number of hydrogen-bond donors (Lipinski definition) is 3. The van der Waals surface area contributed by atoms with Crippen LogP contribution in [0.4, 0.5) is 0 Å². The maximum absolute atomic E-state index is 10.9. The number of aliphatic hydroxyl groups is 3. The van der Waals surface area contributed by atoms with E-state index in [1.807, 2.05) is 0 Å². The predicted octanol–water partition coefficient (Wildman–Crippen LogP) is 3.11. The summed E-state index contributed by atoms with van der Waals surface area (Å²) < 4.78 is 4.50. The number of carbonyl (C=O) groups is 1. The number of aliphatic hydroxyl groups excluding tert-OH is 3. The van der Waals surface area contributed by atoms with Crippen molar-refractivity contribution in [1.29, 1.82) is 0 Å². The second-order valence-electron chi connectivity index (χ2n) is 6.43. The summed E-state index contributed by atoms with van der Waals surface area (Å²) in [6.07, 6.45) is 10.5. The first-order valence-electron chi connectivity index (χ1n) is 9.29. The van der Waals surface area contributed by atoms with Crippen LogP contribution in [0, 0.1) is 0 Å². The molecule has 0 aromatic rings. The Morgan fingerprint density at radius 1 is 0.917 bits per heavy atom. The highest BCUT2D eigenvalue weighted by molar-refractivity contribution is 5.81. The van der Waals surface area contributed by atoms with Crippen LogP contribution in [0.2, 0.25) is 0 Å². The van der Waals surface area contributed by atoms with Crippen LogP contribution in [0.1, 0.15) is 77.6 Å². The number of methoxy groups -OCH3 is 1. The fourth-order valence-corrected chi connectivity index (χ4v) is 2.56. The largest absolute Gasteiger partial charge is 0.466 e. The van der Waals surface area contributed by atoms with Crippen LogP contribution in [0.5, 0.6) is 0 Å². The van der Waals surface area contributed by atoms with E-state index >= 15 is 0 Å². The van der Waals surface area contributed by atoms with Crippen molar-refractivity contribution in [3.63, 3.8) is 0 Å². The third kappa shape index (κ3) is 13.5. The molecule has 3 unspecified atom stereocenters. The molecule has 0 bridgehead atoms. The third-order valence-electron chi connectivity index (χ3n) is 4.21. The first-order valence-corrected chi connectivity index (χ1v) is 9.29. The molecule has 0 fully saturated rings. The van der Waals surface area contributed by atoms with Crippen LogP contribution in [-0.2, 0) is 9.53 Å². The Labute approximate surface area is 146 Å². The van der Waals surface area contributed by atoms with Crippen LogP contribution in [0.15, 0.2) is 12.2 Å². The Bertz CT molecular complexity index is 330. The number of ether oxygens (including phenoxy) is 1. The summed E-state index contributed by atoms with van der Waals surface area (Å²) in [6.45, 7) is 2.11. The van der Waals surface area contributed by atoms with Crippen LogP contribution in [-0.4, -0.2) is 46.7 Å². The fraction of sp³-hybridized carbons (Fsp3) is 0.842. The summed E-state index contributed by atoms with van der Waals surface area (Å²) in [5.41, 5.74) is 0. The predicted molar refractivity (Wildman–Crippen MR) is 95.6 cm³/mol. The smallest absolute Gasteiger partial charge is 0.330 e. The van der Waals surface area contributed by atoms with Crippen molar-refractivity contribution in [2.45, 2.75) is 95.9 Å². The average Bonchev–Trinajstić information content (AvgIpc) is 2.58. The quantitative estimate of drug-likeness (QED) is 0.241. The maximum atomic E-state index is 10.9. The lowest BCUT2D eigenvalue weighted by atomic mass is 9.99. The van der Waals surface area contributed by atoms with Gasteiger partial charge in [0.15, 0.2) is 0 Å². The second kappa shape index (κ2) is 15.6. The first kappa shape index (κ1) is 23.1. The van der Waals surface area contributed by atoms with Crippen molar-refractivity contribution in [1.82, 2.24) is 0 Å². The molecule has 0 saturated carbocycles. The first-order chi connectivity index (χ1) is 11.5. The number of esters is 1. The molecule has 0 amide bonds. The Balaban J connectivity index is 3.59. The number of unbranched alkanes of at least 4 members (excludes halogenated alkanes) is 5. The minimum absolute atomic E-state index is 0.333. The van der Waals surface area contributed by atoms with Gasteiger partial charge in [0.05, 0.1) is 25.4 Å². The number of hydrogen-bond acceptors (Lipinski definition) is 5. The molecule has 142 valence electrons. The van der Waals surface area contributed by atoms with Crippen molar-refractivity contribution in [2.24, 2.45) is 0 Å². The minimum atomic E-state index is -0.736. The number of allylic oxidation sites excluding steroid dienone is 1. The van der Waals surface area contributed by atoms with Crippen molar-refractivity contribution in [2.75, 3.05) is 7.11 Å². The van der Waals surface area contributed by atoms with Gasteiger partial charge < -0.3 is 20.1 Å². The highest BCUT2D eigenvalue weighted by atomic mass is 16.5. The zero-order valence-electron chi connectivity index (χ0n) is 15.3. The Hall–Kier alpha value is -0.910. The summed E-state index contributed by atoms with van der Waals surface area (Å²) in [7, 11) is 1.36. The van der Waals surface area contributed by atoms with E-state index < -0.39 is 18.3 Å². The number of carbonyl (C=O) groups excluding carboxylic acids is 1. The Morgan fingerprint density at radius 2 is 1.58 bits per heavy atom. The summed E-state index contributed by atoms with van der Waals surface area (Å²) >= 11 is 0. The van der Waals surface area contributed by atoms with Gasteiger partial charge in [0.25, 0.3) is 0 Å². The molecule has 0 radical (unpaired) electrons. The summed E-state index contributed by atoms with van der Waals surface area (Å²) in [6, 6.07) is 0. The van der Waals surface area contributed by atoms with Gasteiger partial charge in [-0.25, -0.2) is 4.79 Å². The molecule has 5 nitrogen and oxygen atoms in total. The average molecular weight is 344 g/mol. The van der Waals surface area contributed by atoms with Gasteiger partial charge in [-0.1, -0.05) is 45.1 Å². The zero-order valence-corrected chi connectivity index (χ0v) is 15.3. The van der Waals surface area contributed by atoms with E-state index in [4.69, 9.17) is 0 Å². The van der Waals surface area contributed by atoms with E-state index in [9.17, 15) is 20.1 Å². The van der Waals surface area contributed by atoms with Crippen molar-refractivity contribution >= 4 is 5.97 Å². The molecular formula is C19H36O5. The Morgan fingerprint density at radius 3 is 2.25 bits per heavy atom.